The molecule has 3 nitrogen and oxygen atoms in total. The lowest BCUT2D eigenvalue weighted by atomic mass is 10.1. The van der Waals surface area contributed by atoms with Gasteiger partial charge in [0.05, 0.1) is 5.92 Å². The van der Waals surface area contributed by atoms with Gasteiger partial charge in [0.25, 0.3) is 0 Å². The average Bonchev–Trinajstić information content (AvgIpc) is 2.34. The Morgan fingerprint density at radius 3 is 2.45 bits per heavy atom. The molecule has 0 saturated carbocycles. The molecule has 4 heteroatoms. The Bertz CT molecular complexity index is 423. The first kappa shape index (κ1) is 16.6. The fraction of sp³-hybridized carbons (Fsp3) is 0.562. The van der Waals surface area contributed by atoms with Crippen LogP contribution in [0.1, 0.15) is 33.3 Å². The van der Waals surface area contributed by atoms with Gasteiger partial charge in [-0.1, -0.05) is 19.1 Å². The molecular weight excluding hydrogens is 257 g/mol. The van der Waals surface area contributed by atoms with Gasteiger partial charge in [-0.15, -0.1) is 0 Å². The summed E-state index contributed by atoms with van der Waals surface area (Å²) in [6, 6.07) is 6.46. The van der Waals surface area contributed by atoms with E-state index >= 15 is 0 Å². The zero-order valence-corrected chi connectivity index (χ0v) is 12.7. The van der Waals surface area contributed by atoms with Gasteiger partial charge < -0.3 is 10.1 Å². The molecule has 1 rings (SSSR count). The summed E-state index contributed by atoms with van der Waals surface area (Å²) >= 11 is 0. The second-order valence-electron chi connectivity index (χ2n) is 6.02. The van der Waals surface area contributed by atoms with Crippen LogP contribution < -0.4 is 5.32 Å². The topological polar surface area (TPSA) is 38.3 Å². The van der Waals surface area contributed by atoms with E-state index in [1.54, 1.807) is 12.1 Å². The molecule has 1 aromatic carbocycles. The van der Waals surface area contributed by atoms with Gasteiger partial charge in [0.15, 0.2) is 0 Å². The maximum Gasteiger partial charge on any atom is 0.310 e. The standard InChI is InChI=1S/C16H24FNO2/c1-12(15(19)20-16(2,3)4)11-18-10-9-13-5-7-14(17)8-6-13/h5-8,12,18H,9-11H2,1-4H3/t12-/m1/s1. The van der Waals surface area contributed by atoms with Crippen LogP contribution in [0.4, 0.5) is 4.39 Å². The second kappa shape index (κ2) is 7.39. The molecule has 1 N–H and O–H groups in total. The molecule has 112 valence electrons. The van der Waals surface area contributed by atoms with Gasteiger partial charge in [-0.05, 0) is 51.4 Å². The summed E-state index contributed by atoms with van der Waals surface area (Å²) in [6.07, 6.45) is 0.807. The maximum absolute atomic E-state index is 12.7. The maximum atomic E-state index is 12.7. The Balaban J connectivity index is 2.23. The van der Waals surface area contributed by atoms with E-state index in [1.165, 1.54) is 12.1 Å². The molecule has 0 aliphatic carbocycles. The SMILES string of the molecule is C[C@H](CNCCc1ccc(F)cc1)C(=O)OC(C)(C)C. The number of hydrogen-bond donors (Lipinski definition) is 1. The van der Waals surface area contributed by atoms with E-state index in [0.717, 1.165) is 18.5 Å². The molecule has 0 bridgehead atoms. The summed E-state index contributed by atoms with van der Waals surface area (Å²) in [5.74, 6) is -0.588. The van der Waals surface area contributed by atoms with Crippen molar-refractivity contribution in [2.75, 3.05) is 13.1 Å². The van der Waals surface area contributed by atoms with Crippen LogP contribution >= 0.6 is 0 Å². The summed E-state index contributed by atoms with van der Waals surface area (Å²) in [5.41, 5.74) is 0.628. The number of halogens is 1. The largest absolute Gasteiger partial charge is 0.460 e. The van der Waals surface area contributed by atoms with E-state index in [1.807, 2.05) is 27.7 Å². The quantitative estimate of drug-likeness (QED) is 0.643. The van der Waals surface area contributed by atoms with Crippen LogP contribution in [0.3, 0.4) is 0 Å². The highest BCUT2D eigenvalue weighted by molar-refractivity contribution is 5.72. The van der Waals surface area contributed by atoms with Gasteiger partial charge in [-0.3, -0.25) is 4.79 Å². The van der Waals surface area contributed by atoms with Crippen LogP contribution in [0.15, 0.2) is 24.3 Å². The zero-order valence-electron chi connectivity index (χ0n) is 12.7. The van der Waals surface area contributed by atoms with Gasteiger partial charge >= 0.3 is 5.97 Å². The van der Waals surface area contributed by atoms with Gasteiger partial charge in [0.1, 0.15) is 11.4 Å². The summed E-state index contributed by atoms with van der Waals surface area (Å²) in [7, 11) is 0. The van der Waals surface area contributed by atoms with Crippen LogP contribution in [-0.4, -0.2) is 24.7 Å². The molecule has 20 heavy (non-hydrogen) atoms. The Kier molecular flexibility index (Phi) is 6.14. The van der Waals surface area contributed by atoms with Crippen molar-refractivity contribution < 1.29 is 13.9 Å². The molecule has 0 spiro atoms. The van der Waals surface area contributed by atoms with Crippen LogP contribution in [0.5, 0.6) is 0 Å². The number of carbonyl (C=O) groups excluding carboxylic acids is 1. The van der Waals surface area contributed by atoms with E-state index in [-0.39, 0.29) is 17.7 Å². The number of carbonyl (C=O) groups is 1. The number of nitrogens with one attached hydrogen (secondary N) is 1. The van der Waals surface area contributed by atoms with E-state index in [4.69, 9.17) is 4.74 Å². The summed E-state index contributed by atoms with van der Waals surface area (Å²) in [4.78, 5) is 11.8. The molecule has 0 saturated heterocycles. The summed E-state index contributed by atoms with van der Waals surface area (Å²) in [5, 5.41) is 3.22. The molecule has 1 aromatic rings. The van der Waals surface area contributed by atoms with Crippen molar-refractivity contribution in [3.63, 3.8) is 0 Å². The van der Waals surface area contributed by atoms with Crippen molar-refractivity contribution in [3.05, 3.63) is 35.6 Å². The number of ether oxygens (including phenoxy) is 1. The molecular formula is C16H24FNO2. The molecule has 0 radical (unpaired) electrons. The monoisotopic (exact) mass is 281 g/mol. The highest BCUT2D eigenvalue weighted by Gasteiger charge is 2.21. The highest BCUT2D eigenvalue weighted by Crippen LogP contribution is 2.10. The molecule has 0 amide bonds. The normalized spacial score (nSPS) is 13.1. The van der Waals surface area contributed by atoms with Gasteiger partial charge in [-0.25, -0.2) is 4.39 Å². The van der Waals surface area contributed by atoms with Gasteiger partial charge in [0, 0.05) is 6.54 Å². The van der Waals surface area contributed by atoms with Crippen LogP contribution in [0.2, 0.25) is 0 Å². The van der Waals surface area contributed by atoms with E-state index in [2.05, 4.69) is 5.32 Å². The third-order valence-corrected chi connectivity index (χ3v) is 2.76. The number of hydrogen-bond acceptors (Lipinski definition) is 3. The fourth-order valence-corrected chi connectivity index (χ4v) is 1.69. The van der Waals surface area contributed by atoms with Gasteiger partial charge in [-0.2, -0.15) is 0 Å². The lowest BCUT2D eigenvalue weighted by Gasteiger charge is -2.22. The molecule has 0 unspecified atom stereocenters. The van der Waals surface area contributed by atoms with E-state index < -0.39 is 5.60 Å². The predicted molar refractivity (Wildman–Crippen MR) is 78.0 cm³/mol. The highest BCUT2D eigenvalue weighted by atomic mass is 19.1. The lowest BCUT2D eigenvalue weighted by molar-refractivity contribution is -0.159. The summed E-state index contributed by atoms with van der Waals surface area (Å²) in [6.45, 7) is 8.76. The number of rotatable bonds is 6. The molecule has 0 fully saturated rings. The zero-order chi connectivity index (χ0) is 15.2. The number of esters is 1. The van der Waals surface area contributed by atoms with Crippen LogP contribution in [0, 0.1) is 11.7 Å². The third kappa shape index (κ3) is 6.66. The van der Waals surface area contributed by atoms with Crippen LogP contribution in [0.25, 0.3) is 0 Å². The fourth-order valence-electron chi connectivity index (χ4n) is 1.69. The van der Waals surface area contributed by atoms with Crippen molar-refractivity contribution in [1.29, 1.82) is 0 Å². The molecule has 0 aliphatic rings. The average molecular weight is 281 g/mol. The van der Waals surface area contributed by atoms with Crippen LogP contribution in [-0.2, 0) is 16.0 Å². The van der Waals surface area contributed by atoms with Crippen molar-refractivity contribution in [2.45, 2.75) is 39.7 Å². The number of benzene rings is 1. The second-order valence-corrected chi connectivity index (χ2v) is 6.02. The first-order valence-corrected chi connectivity index (χ1v) is 6.96. The van der Waals surface area contributed by atoms with E-state index in [9.17, 15) is 9.18 Å². The van der Waals surface area contributed by atoms with E-state index in [0.29, 0.717) is 6.54 Å². The lowest BCUT2D eigenvalue weighted by Crippen LogP contribution is -2.33. The van der Waals surface area contributed by atoms with Crippen molar-refractivity contribution in [1.82, 2.24) is 5.32 Å². The molecule has 1 atom stereocenters. The predicted octanol–water partition coefficient (Wildman–Crippen LogP) is 2.94. The van der Waals surface area contributed by atoms with Gasteiger partial charge in [0.2, 0.25) is 0 Å². The molecule has 0 aromatic heterocycles. The van der Waals surface area contributed by atoms with Crippen molar-refractivity contribution in [3.8, 4) is 0 Å². The first-order valence-electron chi connectivity index (χ1n) is 6.96. The minimum absolute atomic E-state index is 0.178. The molecule has 0 aliphatic heterocycles. The molecule has 0 heterocycles. The smallest absolute Gasteiger partial charge is 0.310 e. The Morgan fingerprint density at radius 2 is 1.90 bits per heavy atom. The third-order valence-electron chi connectivity index (χ3n) is 2.76. The van der Waals surface area contributed by atoms with Crippen molar-refractivity contribution in [2.24, 2.45) is 5.92 Å². The minimum Gasteiger partial charge on any atom is -0.460 e. The van der Waals surface area contributed by atoms with Crippen molar-refractivity contribution >= 4 is 5.97 Å². The first-order chi connectivity index (χ1) is 9.28. The Morgan fingerprint density at radius 1 is 1.30 bits per heavy atom. The Hall–Kier alpha value is -1.42. The Labute approximate surface area is 120 Å². The minimum atomic E-state index is -0.445. The summed E-state index contributed by atoms with van der Waals surface area (Å²) < 4.78 is 18.0.